The fourth-order valence-electron chi connectivity index (χ4n) is 2.92. The zero-order chi connectivity index (χ0) is 9.15. The third kappa shape index (κ3) is 0.551. The van der Waals surface area contributed by atoms with E-state index in [-0.39, 0.29) is 10.8 Å². The molecule has 2 saturated carbocycles. The molecule has 0 aromatic carbocycles. The van der Waals surface area contributed by atoms with E-state index < -0.39 is 0 Å². The second kappa shape index (κ2) is 1.81. The lowest BCUT2D eigenvalue weighted by Crippen LogP contribution is -2.32. The molecule has 2 fully saturated rings. The van der Waals surface area contributed by atoms with Crippen molar-refractivity contribution < 1.29 is 0 Å². The van der Waals surface area contributed by atoms with Crippen molar-refractivity contribution >= 4 is 11.4 Å². The van der Waals surface area contributed by atoms with Gasteiger partial charge in [-0.15, -0.1) is 0 Å². The fourth-order valence-corrected chi connectivity index (χ4v) is 2.92. The van der Waals surface area contributed by atoms with Crippen molar-refractivity contribution in [1.29, 1.82) is 10.8 Å². The predicted molar refractivity (Wildman–Crippen MR) is 50.1 cm³/mol. The van der Waals surface area contributed by atoms with Gasteiger partial charge in [-0.2, -0.15) is 0 Å². The Hall–Kier alpha value is -0.660. The summed E-state index contributed by atoms with van der Waals surface area (Å²) in [4.78, 5) is 0. The molecule has 2 aliphatic rings. The highest BCUT2D eigenvalue weighted by molar-refractivity contribution is 6.45. The maximum absolute atomic E-state index is 7.87. The Kier molecular flexibility index (Phi) is 1.20. The minimum atomic E-state index is -0.00521. The molecule has 0 aliphatic heterocycles. The number of hydrogen-bond acceptors (Lipinski definition) is 2. The van der Waals surface area contributed by atoms with Gasteiger partial charge in [0.05, 0.1) is 11.4 Å². The van der Waals surface area contributed by atoms with Crippen LogP contribution in [-0.2, 0) is 0 Å². The maximum Gasteiger partial charge on any atom is 0.0588 e. The van der Waals surface area contributed by atoms with Gasteiger partial charge in [0.1, 0.15) is 0 Å². The van der Waals surface area contributed by atoms with Crippen LogP contribution in [0.1, 0.15) is 33.6 Å². The van der Waals surface area contributed by atoms with E-state index in [1.165, 1.54) is 0 Å². The van der Waals surface area contributed by atoms with E-state index in [0.717, 1.165) is 12.8 Å². The van der Waals surface area contributed by atoms with Crippen molar-refractivity contribution in [3.05, 3.63) is 0 Å². The molecule has 2 nitrogen and oxygen atoms in total. The van der Waals surface area contributed by atoms with Crippen LogP contribution in [0, 0.1) is 27.6 Å². The van der Waals surface area contributed by atoms with Crippen molar-refractivity contribution in [2.75, 3.05) is 0 Å². The minimum absolute atomic E-state index is 0.00521. The summed E-state index contributed by atoms with van der Waals surface area (Å²) in [6.45, 7) is 6.57. The van der Waals surface area contributed by atoms with Crippen LogP contribution >= 0.6 is 0 Å². The Morgan fingerprint density at radius 1 is 1.25 bits per heavy atom. The lowest BCUT2D eigenvalue weighted by Gasteiger charge is -2.33. The number of nitrogens with one attached hydrogen (secondary N) is 2. The van der Waals surface area contributed by atoms with Crippen molar-refractivity contribution in [2.24, 2.45) is 16.7 Å². The first-order chi connectivity index (χ1) is 5.41. The fraction of sp³-hybridized carbons (Fsp3) is 0.800. The zero-order valence-electron chi connectivity index (χ0n) is 7.99. The van der Waals surface area contributed by atoms with Gasteiger partial charge in [-0.3, -0.25) is 0 Å². The molecule has 2 bridgehead atoms. The average Bonchev–Trinajstić information content (AvgIpc) is 2.26. The molecule has 0 aromatic rings. The van der Waals surface area contributed by atoms with E-state index in [9.17, 15) is 0 Å². The van der Waals surface area contributed by atoms with Crippen LogP contribution in [0.5, 0.6) is 0 Å². The summed E-state index contributed by atoms with van der Waals surface area (Å²) in [5.41, 5.74) is 1.35. The van der Waals surface area contributed by atoms with Crippen molar-refractivity contribution in [2.45, 2.75) is 33.6 Å². The van der Waals surface area contributed by atoms with Gasteiger partial charge in [0.2, 0.25) is 0 Å². The van der Waals surface area contributed by atoms with E-state index in [4.69, 9.17) is 10.8 Å². The summed E-state index contributed by atoms with van der Waals surface area (Å²) in [6.07, 6.45) is 2.22. The first-order valence-corrected chi connectivity index (χ1v) is 4.59. The van der Waals surface area contributed by atoms with E-state index >= 15 is 0 Å². The maximum atomic E-state index is 7.87. The van der Waals surface area contributed by atoms with Gasteiger partial charge in [0.15, 0.2) is 0 Å². The Labute approximate surface area is 73.4 Å². The summed E-state index contributed by atoms with van der Waals surface area (Å²) >= 11 is 0. The molecule has 2 unspecified atom stereocenters. The molecule has 2 N–H and O–H groups in total. The Bertz CT molecular complexity index is 278. The topological polar surface area (TPSA) is 47.7 Å². The largest absolute Gasteiger partial charge is 0.303 e. The Morgan fingerprint density at radius 2 is 1.83 bits per heavy atom. The number of hydrogen-bond donors (Lipinski definition) is 2. The van der Waals surface area contributed by atoms with E-state index in [1.807, 2.05) is 0 Å². The molecular weight excluding hydrogens is 148 g/mol. The SMILES string of the molecule is CC12CCC(C(=N)C1=N)C2(C)C. The Morgan fingerprint density at radius 3 is 2.08 bits per heavy atom. The highest BCUT2D eigenvalue weighted by atomic mass is 14.7. The molecule has 0 heterocycles. The molecule has 2 atom stereocenters. The molecule has 0 amide bonds. The van der Waals surface area contributed by atoms with Gasteiger partial charge in [0.25, 0.3) is 0 Å². The molecule has 2 rings (SSSR count). The molecule has 0 saturated heterocycles. The van der Waals surface area contributed by atoms with Crippen molar-refractivity contribution in [3.63, 3.8) is 0 Å². The standard InChI is InChI=1S/C10H16N2/c1-9(2)6-4-5-10(9,3)8(12)7(6)11/h6,11-12H,4-5H2,1-3H3. The van der Waals surface area contributed by atoms with Crippen LogP contribution in [0.15, 0.2) is 0 Å². The second-order valence-corrected chi connectivity index (χ2v) is 4.93. The third-order valence-electron chi connectivity index (χ3n) is 4.40. The predicted octanol–water partition coefficient (Wildman–Crippen LogP) is 2.48. The first kappa shape index (κ1) is 7.96. The average molecular weight is 164 g/mol. The highest BCUT2D eigenvalue weighted by Crippen LogP contribution is 2.62. The monoisotopic (exact) mass is 164 g/mol. The molecule has 2 heteroatoms. The third-order valence-corrected chi connectivity index (χ3v) is 4.40. The van der Waals surface area contributed by atoms with Crippen molar-refractivity contribution in [3.8, 4) is 0 Å². The molecule has 0 aromatic heterocycles. The van der Waals surface area contributed by atoms with Gasteiger partial charge >= 0.3 is 0 Å². The van der Waals surface area contributed by atoms with Crippen LogP contribution in [0.25, 0.3) is 0 Å². The molecule has 2 aliphatic carbocycles. The highest BCUT2D eigenvalue weighted by Gasteiger charge is 2.62. The lowest BCUT2D eigenvalue weighted by atomic mass is 9.70. The van der Waals surface area contributed by atoms with E-state index in [1.54, 1.807) is 0 Å². The normalized spacial score (nSPS) is 44.1. The summed E-state index contributed by atoms with van der Waals surface area (Å²) in [7, 11) is 0. The Balaban J connectivity index is 2.58. The quantitative estimate of drug-likeness (QED) is 0.552. The molecule has 12 heavy (non-hydrogen) atoms. The van der Waals surface area contributed by atoms with E-state index in [0.29, 0.717) is 17.3 Å². The van der Waals surface area contributed by atoms with Gasteiger partial charge in [-0.1, -0.05) is 20.8 Å². The summed E-state index contributed by atoms with van der Waals surface area (Å²) < 4.78 is 0. The molecule has 0 radical (unpaired) electrons. The summed E-state index contributed by atoms with van der Waals surface area (Å²) in [6, 6.07) is 0. The van der Waals surface area contributed by atoms with Crippen LogP contribution in [0.2, 0.25) is 0 Å². The molecular formula is C10H16N2. The molecule has 0 spiro atoms. The van der Waals surface area contributed by atoms with E-state index in [2.05, 4.69) is 20.8 Å². The van der Waals surface area contributed by atoms with Crippen LogP contribution in [0.4, 0.5) is 0 Å². The summed E-state index contributed by atoms with van der Waals surface area (Å²) in [5.74, 6) is 0.356. The molecule has 66 valence electrons. The van der Waals surface area contributed by atoms with Crippen molar-refractivity contribution in [1.82, 2.24) is 0 Å². The number of rotatable bonds is 0. The number of fused-ring (bicyclic) bond motifs is 2. The smallest absolute Gasteiger partial charge is 0.0588 e. The van der Waals surface area contributed by atoms with Crippen LogP contribution in [0.3, 0.4) is 0 Å². The van der Waals surface area contributed by atoms with Gasteiger partial charge in [0, 0.05) is 11.3 Å². The van der Waals surface area contributed by atoms with Crippen LogP contribution < -0.4 is 0 Å². The lowest BCUT2D eigenvalue weighted by molar-refractivity contribution is 0.207. The zero-order valence-corrected chi connectivity index (χ0v) is 7.99. The minimum Gasteiger partial charge on any atom is -0.303 e. The van der Waals surface area contributed by atoms with Crippen LogP contribution in [-0.4, -0.2) is 11.4 Å². The van der Waals surface area contributed by atoms with Gasteiger partial charge in [-0.05, 0) is 18.3 Å². The first-order valence-electron chi connectivity index (χ1n) is 4.59. The van der Waals surface area contributed by atoms with Gasteiger partial charge < -0.3 is 10.8 Å². The second-order valence-electron chi connectivity index (χ2n) is 4.93. The van der Waals surface area contributed by atoms with Gasteiger partial charge in [-0.25, -0.2) is 0 Å². The summed E-state index contributed by atoms with van der Waals surface area (Å²) in [5, 5.41) is 15.7.